The second-order valence-electron chi connectivity index (χ2n) is 5.44. The summed E-state index contributed by atoms with van der Waals surface area (Å²) in [5.74, 6) is 0. The Morgan fingerprint density at radius 3 is 2.42 bits per heavy atom. The van der Waals surface area contributed by atoms with Crippen LogP contribution in [0, 0.1) is 0 Å². The Balaban J connectivity index is 1.77. The Labute approximate surface area is 116 Å². The molecule has 1 aromatic carbocycles. The first kappa shape index (κ1) is 14.2. The van der Waals surface area contributed by atoms with E-state index in [1.54, 1.807) is 0 Å². The van der Waals surface area contributed by atoms with E-state index in [4.69, 9.17) is 4.74 Å². The van der Waals surface area contributed by atoms with Gasteiger partial charge in [0.15, 0.2) is 0 Å². The molecule has 19 heavy (non-hydrogen) atoms. The number of benzene rings is 1. The molecule has 0 spiro atoms. The van der Waals surface area contributed by atoms with Gasteiger partial charge in [0.2, 0.25) is 0 Å². The van der Waals surface area contributed by atoms with Crippen molar-refractivity contribution in [3.63, 3.8) is 0 Å². The van der Waals surface area contributed by atoms with Crippen LogP contribution in [0.25, 0.3) is 0 Å². The van der Waals surface area contributed by atoms with Crippen molar-refractivity contribution in [3.05, 3.63) is 24.3 Å². The van der Waals surface area contributed by atoms with Crippen molar-refractivity contribution in [2.45, 2.75) is 39.2 Å². The van der Waals surface area contributed by atoms with Crippen LogP contribution < -0.4 is 10.2 Å². The lowest BCUT2D eigenvalue weighted by molar-refractivity contribution is 0.0870. The molecule has 0 unspecified atom stereocenters. The molecule has 0 aliphatic carbocycles. The highest BCUT2D eigenvalue weighted by Gasteiger charge is 2.10. The second kappa shape index (κ2) is 7.39. The molecule has 1 aliphatic rings. The fourth-order valence-electron chi connectivity index (χ4n) is 2.43. The zero-order valence-electron chi connectivity index (χ0n) is 12.2. The fraction of sp³-hybridized carbons (Fsp3) is 0.625. The van der Waals surface area contributed by atoms with E-state index in [1.807, 2.05) is 0 Å². The SMILES string of the molecule is CC(C)OCCNc1ccc(N2CCCCC2)cc1. The first-order chi connectivity index (χ1) is 9.25. The summed E-state index contributed by atoms with van der Waals surface area (Å²) in [5.41, 5.74) is 2.52. The van der Waals surface area contributed by atoms with E-state index < -0.39 is 0 Å². The van der Waals surface area contributed by atoms with Crippen molar-refractivity contribution < 1.29 is 4.74 Å². The lowest BCUT2D eigenvalue weighted by Crippen LogP contribution is -2.29. The van der Waals surface area contributed by atoms with Gasteiger partial charge >= 0.3 is 0 Å². The van der Waals surface area contributed by atoms with Crippen molar-refractivity contribution in [2.24, 2.45) is 0 Å². The van der Waals surface area contributed by atoms with Gasteiger partial charge in [0.05, 0.1) is 12.7 Å². The van der Waals surface area contributed by atoms with Gasteiger partial charge in [-0.05, 0) is 57.4 Å². The Kier molecular flexibility index (Phi) is 5.52. The number of nitrogens with one attached hydrogen (secondary N) is 1. The molecule has 1 N–H and O–H groups in total. The average molecular weight is 262 g/mol. The minimum Gasteiger partial charge on any atom is -0.383 e. The van der Waals surface area contributed by atoms with Crippen molar-refractivity contribution in [1.29, 1.82) is 0 Å². The van der Waals surface area contributed by atoms with Crippen molar-refractivity contribution >= 4 is 11.4 Å². The van der Waals surface area contributed by atoms with Crippen LogP contribution in [-0.4, -0.2) is 32.3 Å². The molecule has 1 saturated heterocycles. The molecule has 0 radical (unpaired) electrons. The third kappa shape index (κ3) is 4.75. The third-order valence-corrected chi connectivity index (χ3v) is 3.47. The van der Waals surface area contributed by atoms with Gasteiger partial charge in [0.25, 0.3) is 0 Å². The smallest absolute Gasteiger partial charge is 0.0642 e. The number of nitrogens with zero attached hydrogens (tertiary/aromatic N) is 1. The molecule has 0 saturated carbocycles. The summed E-state index contributed by atoms with van der Waals surface area (Å²) in [5, 5.41) is 3.39. The van der Waals surface area contributed by atoms with E-state index in [-0.39, 0.29) is 0 Å². The molecular weight excluding hydrogens is 236 g/mol. The lowest BCUT2D eigenvalue weighted by atomic mass is 10.1. The van der Waals surface area contributed by atoms with Crippen molar-refractivity contribution in [1.82, 2.24) is 0 Å². The first-order valence-electron chi connectivity index (χ1n) is 7.46. The molecule has 2 rings (SSSR count). The zero-order chi connectivity index (χ0) is 13.5. The van der Waals surface area contributed by atoms with Gasteiger partial charge in [-0.2, -0.15) is 0 Å². The average Bonchev–Trinajstić information content (AvgIpc) is 2.45. The van der Waals surface area contributed by atoms with Gasteiger partial charge < -0.3 is 15.0 Å². The van der Waals surface area contributed by atoms with Gasteiger partial charge in [0.1, 0.15) is 0 Å². The Bertz CT molecular complexity index is 356. The maximum Gasteiger partial charge on any atom is 0.0642 e. The molecule has 1 heterocycles. The number of anilines is 2. The molecule has 0 aromatic heterocycles. The maximum atomic E-state index is 5.51. The number of hydrogen-bond donors (Lipinski definition) is 1. The van der Waals surface area contributed by atoms with Crippen LogP contribution in [0.15, 0.2) is 24.3 Å². The molecule has 106 valence electrons. The number of hydrogen-bond acceptors (Lipinski definition) is 3. The monoisotopic (exact) mass is 262 g/mol. The predicted molar refractivity (Wildman–Crippen MR) is 82.1 cm³/mol. The van der Waals surface area contributed by atoms with E-state index >= 15 is 0 Å². The van der Waals surface area contributed by atoms with Crippen molar-refractivity contribution in [2.75, 3.05) is 36.5 Å². The van der Waals surface area contributed by atoms with E-state index in [2.05, 4.69) is 48.3 Å². The minimum absolute atomic E-state index is 0.309. The summed E-state index contributed by atoms with van der Waals surface area (Å²) >= 11 is 0. The zero-order valence-corrected chi connectivity index (χ0v) is 12.2. The van der Waals surface area contributed by atoms with Crippen LogP contribution in [-0.2, 0) is 4.74 Å². The topological polar surface area (TPSA) is 24.5 Å². The van der Waals surface area contributed by atoms with E-state index in [0.717, 1.165) is 13.2 Å². The fourth-order valence-corrected chi connectivity index (χ4v) is 2.43. The van der Waals surface area contributed by atoms with Gasteiger partial charge in [-0.3, -0.25) is 0 Å². The van der Waals surface area contributed by atoms with Gasteiger partial charge in [0, 0.05) is 31.0 Å². The standard InChI is InChI=1S/C16H26N2O/c1-14(2)19-13-10-17-15-6-8-16(9-7-15)18-11-4-3-5-12-18/h6-9,14,17H,3-5,10-13H2,1-2H3. The minimum atomic E-state index is 0.309. The van der Waals surface area contributed by atoms with E-state index in [9.17, 15) is 0 Å². The molecule has 1 aliphatic heterocycles. The maximum absolute atomic E-state index is 5.51. The summed E-state index contributed by atoms with van der Waals surface area (Å²) in [4.78, 5) is 2.48. The summed E-state index contributed by atoms with van der Waals surface area (Å²) in [7, 11) is 0. The summed E-state index contributed by atoms with van der Waals surface area (Å²) in [6, 6.07) is 8.77. The Morgan fingerprint density at radius 1 is 1.11 bits per heavy atom. The van der Waals surface area contributed by atoms with E-state index in [0.29, 0.717) is 6.10 Å². The van der Waals surface area contributed by atoms with Gasteiger partial charge in [-0.15, -0.1) is 0 Å². The molecule has 1 aromatic rings. The third-order valence-electron chi connectivity index (χ3n) is 3.47. The predicted octanol–water partition coefficient (Wildman–Crippen LogP) is 3.51. The highest BCUT2D eigenvalue weighted by molar-refractivity contribution is 5.55. The number of ether oxygens (including phenoxy) is 1. The molecule has 1 fully saturated rings. The van der Waals surface area contributed by atoms with Crippen LogP contribution >= 0.6 is 0 Å². The normalized spacial score (nSPS) is 15.8. The molecule has 0 amide bonds. The molecule has 0 bridgehead atoms. The summed E-state index contributed by atoms with van der Waals surface area (Å²) < 4.78 is 5.51. The molecular formula is C16H26N2O. The van der Waals surface area contributed by atoms with Crippen molar-refractivity contribution in [3.8, 4) is 0 Å². The Morgan fingerprint density at radius 2 is 1.79 bits per heavy atom. The van der Waals surface area contributed by atoms with Gasteiger partial charge in [-0.25, -0.2) is 0 Å². The molecule has 3 nitrogen and oxygen atoms in total. The first-order valence-corrected chi connectivity index (χ1v) is 7.46. The van der Waals surface area contributed by atoms with Crippen LogP contribution in [0.4, 0.5) is 11.4 Å². The molecule has 0 atom stereocenters. The lowest BCUT2D eigenvalue weighted by Gasteiger charge is -2.28. The number of rotatable bonds is 6. The van der Waals surface area contributed by atoms with Crippen LogP contribution in [0.5, 0.6) is 0 Å². The van der Waals surface area contributed by atoms with Crippen LogP contribution in [0.1, 0.15) is 33.1 Å². The largest absolute Gasteiger partial charge is 0.383 e. The van der Waals surface area contributed by atoms with Crippen LogP contribution in [0.2, 0.25) is 0 Å². The number of piperidine rings is 1. The van der Waals surface area contributed by atoms with Crippen LogP contribution in [0.3, 0.4) is 0 Å². The quantitative estimate of drug-likeness (QED) is 0.794. The van der Waals surface area contributed by atoms with E-state index in [1.165, 1.54) is 43.7 Å². The highest BCUT2D eigenvalue weighted by atomic mass is 16.5. The summed E-state index contributed by atoms with van der Waals surface area (Å²) in [6.07, 6.45) is 4.34. The van der Waals surface area contributed by atoms with Gasteiger partial charge in [-0.1, -0.05) is 0 Å². The Hall–Kier alpha value is -1.22. The highest BCUT2D eigenvalue weighted by Crippen LogP contribution is 2.21. The summed E-state index contributed by atoms with van der Waals surface area (Å²) in [6.45, 7) is 8.15. The molecule has 3 heteroatoms. The second-order valence-corrected chi connectivity index (χ2v) is 5.44.